The summed E-state index contributed by atoms with van der Waals surface area (Å²) in [6.07, 6.45) is 0. The summed E-state index contributed by atoms with van der Waals surface area (Å²) in [7, 11) is 2.86. The summed E-state index contributed by atoms with van der Waals surface area (Å²) in [5.74, 6) is -0.257. The van der Waals surface area contributed by atoms with Crippen molar-refractivity contribution in [1.82, 2.24) is 0 Å². The number of hydrogen-bond donors (Lipinski definition) is 2. The van der Waals surface area contributed by atoms with Gasteiger partial charge in [-0.1, -0.05) is 0 Å². The molecule has 5 nitrogen and oxygen atoms in total. The molecule has 3 N–H and O–H groups in total. The first kappa shape index (κ1) is 10.2. The van der Waals surface area contributed by atoms with Crippen molar-refractivity contribution in [2.24, 2.45) is 5.73 Å². The minimum Gasteiger partial charge on any atom is -0.507 e. The summed E-state index contributed by atoms with van der Waals surface area (Å²) in [6, 6.07) is 2.61. The maximum atomic E-state index is 10.9. The molecule has 0 heterocycles. The number of amides is 1. The minimum atomic E-state index is -0.719. The number of benzene rings is 1. The zero-order valence-electron chi connectivity index (χ0n) is 7.90. The van der Waals surface area contributed by atoms with Crippen LogP contribution in [-0.2, 0) is 0 Å². The molecule has 1 aromatic rings. The second-order valence-corrected chi connectivity index (χ2v) is 2.59. The molecule has 0 aliphatic rings. The SMILES string of the molecule is COc1cc(O)c(C(N)=O)cc1OC. The van der Waals surface area contributed by atoms with Gasteiger partial charge in [0, 0.05) is 12.1 Å². The molecule has 14 heavy (non-hydrogen) atoms. The molecule has 1 amide bonds. The number of primary amides is 1. The highest BCUT2D eigenvalue weighted by Crippen LogP contribution is 2.33. The molecule has 0 fully saturated rings. The predicted octanol–water partition coefficient (Wildman–Crippen LogP) is 0.508. The molecule has 0 aliphatic heterocycles. The lowest BCUT2D eigenvalue weighted by atomic mass is 10.1. The van der Waals surface area contributed by atoms with E-state index in [1.807, 2.05) is 0 Å². The van der Waals surface area contributed by atoms with E-state index >= 15 is 0 Å². The van der Waals surface area contributed by atoms with Gasteiger partial charge < -0.3 is 20.3 Å². The van der Waals surface area contributed by atoms with Crippen LogP contribution in [0.15, 0.2) is 12.1 Å². The number of methoxy groups -OCH3 is 2. The van der Waals surface area contributed by atoms with Gasteiger partial charge in [-0.2, -0.15) is 0 Å². The van der Waals surface area contributed by atoms with Gasteiger partial charge in [0.2, 0.25) is 0 Å². The number of hydrogen-bond acceptors (Lipinski definition) is 4. The van der Waals surface area contributed by atoms with E-state index in [4.69, 9.17) is 15.2 Å². The first-order valence-corrected chi connectivity index (χ1v) is 3.85. The Bertz CT molecular complexity index is 362. The Kier molecular flexibility index (Phi) is 2.81. The van der Waals surface area contributed by atoms with Crippen LogP contribution < -0.4 is 15.2 Å². The molecule has 0 bridgehead atoms. The van der Waals surface area contributed by atoms with Gasteiger partial charge in [-0.05, 0) is 0 Å². The van der Waals surface area contributed by atoms with E-state index in [9.17, 15) is 9.90 Å². The van der Waals surface area contributed by atoms with E-state index in [2.05, 4.69) is 0 Å². The molecule has 1 rings (SSSR count). The van der Waals surface area contributed by atoms with Crippen LogP contribution >= 0.6 is 0 Å². The van der Waals surface area contributed by atoms with Crippen LogP contribution in [-0.4, -0.2) is 25.2 Å². The minimum absolute atomic E-state index is 0.00245. The molecule has 0 radical (unpaired) electrons. The van der Waals surface area contributed by atoms with Gasteiger partial charge in [0.25, 0.3) is 5.91 Å². The van der Waals surface area contributed by atoms with Crippen molar-refractivity contribution in [1.29, 1.82) is 0 Å². The van der Waals surface area contributed by atoms with Crippen LogP contribution in [0.2, 0.25) is 0 Å². The Morgan fingerprint density at radius 2 is 1.79 bits per heavy atom. The van der Waals surface area contributed by atoms with Crippen molar-refractivity contribution in [3.63, 3.8) is 0 Å². The fourth-order valence-corrected chi connectivity index (χ4v) is 1.07. The van der Waals surface area contributed by atoms with Crippen LogP contribution in [0, 0.1) is 0 Å². The van der Waals surface area contributed by atoms with Crippen LogP contribution in [0.3, 0.4) is 0 Å². The molecule has 0 aliphatic carbocycles. The third-order valence-electron chi connectivity index (χ3n) is 1.77. The molecule has 0 saturated carbocycles. The highest BCUT2D eigenvalue weighted by Gasteiger charge is 2.13. The van der Waals surface area contributed by atoms with Crippen molar-refractivity contribution in [2.45, 2.75) is 0 Å². The standard InChI is InChI=1S/C9H11NO4/c1-13-7-3-5(9(10)12)6(11)4-8(7)14-2/h3-4,11H,1-2H3,(H2,10,12). The summed E-state index contributed by atoms with van der Waals surface area (Å²) in [5, 5.41) is 9.38. The third-order valence-corrected chi connectivity index (χ3v) is 1.77. The second kappa shape index (κ2) is 3.87. The lowest BCUT2D eigenvalue weighted by molar-refractivity contribution is 0.0997. The summed E-state index contributed by atoms with van der Waals surface area (Å²) >= 11 is 0. The van der Waals surface area contributed by atoms with Gasteiger partial charge in [-0.15, -0.1) is 0 Å². The molecule has 0 atom stereocenters. The summed E-state index contributed by atoms with van der Waals surface area (Å²) < 4.78 is 9.85. The first-order chi connectivity index (χ1) is 6.60. The van der Waals surface area contributed by atoms with Crippen LogP contribution in [0.1, 0.15) is 10.4 Å². The van der Waals surface area contributed by atoms with Crippen molar-refractivity contribution < 1.29 is 19.4 Å². The maximum absolute atomic E-state index is 10.9. The van der Waals surface area contributed by atoms with Gasteiger partial charge in [0.15, 0.2) is 11.5 Å². The molecule has 1 aromatic carbocycles. The fourth-order valence-electron chi connectivity index (χ4n) is 1.07. The summed E-state index contributed by atoms with van der Waals surface area (Å²) in [4.78, 5) is 10.9. The number of ether oxygens (including phenoxy) is 2. The smallest absolute Gasteiger partial charge is 0.252 e. The largest absolute Gasteiger partial charge is 0.507 e. The maximum Gasteiger partial charge on any atom is 0.252 e. The quantitative estimate of drug-likeness (QED) is 0.739. The van der Waals surface area contributed by atoms with E-state index < -0.39 is 5.91 Å². The molecule has 76 valence electrons. The summed E-state index contributed by atoms with van der Waals surface area (Å²) in [5.41, 5.74) is 5.04. The Morgan fingerprint density at radius 1 is 1.29 bits per heavy atom. The highest BCUT2D eigenvalue weighted by atomic mass is 16.5. The van der Waals surface area contributed by atoms with Gasteiger partial charge in [0.05, 0.1) is 19.8 Å². The Hall–Kier alpha value is -1.91. The topological polar surface area (TPSA) is 81.8 Å². The number of nitrogens with two attached hydrogens (primary N) is 1. The van der Waals surface area contributed by atoms with E-state index in [0.717, 1.165) is 0 Å². The molecule has 0 spiro atoms. The highest BCUT2D eigenvalue weighted by molar-refractivity contribution is 5.96. The summed E-state index contributed by atoms with van der Waals surface area (Å²) in [6.45, 7) is 0. The van der Waals surface area contributed by atoms with Crippen molar-refractivity contribution in [2.75, 3.05) is 14.2 Å². The fraction of sp³-hybridized carbons (Fsp3) is 0.222. The Balaban J connectivity index is 3.30. The molecule has 0 saturated heterocycles. The van der Waals surface area contributed by atoms with Gasteiger partial charge in [0.1, 0.15) is 5.75 Å². The average molecular weight is 197 g/mol. The van der Waals surface area contributed by atoms with Crippen LogP contribution in [0.25, 0.3) is 0 Å². The van der Waals surface area contributed by atoms with Gasteiger partial charge >= 0.3 is 0 Å². The number of phenols is 1. The zero-order valence-corrected chi connectivity index (χ0v) is 7.90. The van der Waals surface area contributed by atoms with Crippen molar-refractivity contribution in [3.8, 4) is 17.2 Å². The Labute approximate surface area is 81.0 Å². The van der Waals surface area contributed by atoms with Crippen LogP contribution in [0.4, 0.5) is 0 Å². The van der Waals surface area contributed by atoms with Crippen molar-refractivity contribution in [3.05, 3.63) is 17.7 Å². The molecule has 0 aromatic heterocycles. The first-order valence-electron chi connectivity index (χ1n) is 3.85. The molecular weight excluding hydrogens is 186 g/mol. The van der Waals surface area contributed by atoms with Crippen molar-refractivity contribution >= 4 is 5.91 Å². The monoisotopic (exact) mass is 197 g/mol. The molecule has 0 unspecified atom stereocenters. The number of carbonyl (C=O) groups is 1. The molecular formula is C9H11NO4. The predicted molar refractivity (Wildman–Crippen MR) is 49.7 cm³/mol. The number of rotatable bonds is 3. The zero-order chi connectivity index (χ0) is 10.7. The lowest BCUT2D eigenvalue weighted by Gasteiger charge is -2.09. The average Bonchev–Trinajstić information content (AvgIpc) is 2.16. The van der Waals surface area contributed by atoms with Crippen LogP contribution in [0.5, 0.6) is 17.2 Å². The number of aromatic hydroxyl groups is 1. The third kappa shape index (κ3) is 1.71. The van der Waals surface area contributed by atoms with Gasteiger partial charge in [-0.25, -0.2) is 0 Å². The van der Waals surface area contributed by atoms with E-state index in [1.54, 1.807) is 0 Å². The second-order valence-electron chi connectivity index (χ2n) is 2.59. The van der Waals surface area contributed by atoms with Gasteiger partial charge in [-0.3, -0.25) is 4.79 Å². The van der Waals surface area contributed by atoms with E-state index in [-0.39, 0.29) is 11.3 Å². The van der Waals surface area contributed by atoms with E-state index in [1.165, 1.54) is 26.4 Å². The number of carbonyl (C=O) groups excluding carboxylic acids is 1. The normalized spacial score (nSPS) is 9.57. The lowest BCUT2D eigenvalue weighted by Crippen LogP contribution is -2.11. The molecule has 5 heteroatoms. The van der Waals surface area contributed by atoms with E-state index in [0.29, 0.717) is 11.5 Å². The Morgan fingerprint density at radius 3 is 2.21 bits per heavy atom.